The second-order valence-corrected chi connectivity index (χ2v) is 7.11. The van der Waals surface area contributed by atoms with Crippen LogP contribution in [0, 0.1) is 5.92 Å². The largest absolute Gasteiger partial charge is 0.382 e. The topological polar surface area (TPSA) is 12.0 Å². The maximum absolute atomic E-state index is 3.78. The van der Waals surface area contributed by atoms with Gasteiger partial charge >= 0.3 is 0 Å². The van der Waals surface area contributed by atoms with E-state index in [0.29, 0.717) is 12.0 Å². The number of hydrogen-bond acceptors (Lipinski definition) is 1. The predicted molar refractivity (Wildman–Crippen MR) is 83.4 cm³/mol. The lowest BCUT2D eigenvalue weighted by Gasteiger charge is -2.31. The van der Waals surface area contributed by atoms with Crippen molar-refractivity contribution >= 4 is 21.6 Å². The van der Waals surface area contributed by atoms with Crippen LogP contribution in [0.3, 0.4) is 0 Å². The molecule has 1 aliphatic rings. The van der Waals surface area contributed by atoms with Gasteiger partial charge in [0.2, 0.25) is 0 Å². The van der Waals surface area contributed by atoms with Crippen LogP contribution in [0.1, 0.15) is 57.6 Å². The number of fused-ring (bicyclic) bond motifs is 1. The highest BCUT2D eigenvalue weighted by molar-refractivity contribution is 9.10. The maximum Gasteiger partial charge on any atom is 0.0410 e. The van der Waals surface area contributed by atoms with E-state index < -0.39 is 0 Å². The summed E-state index contributed by atoms with van der Waals surface area (Å²) in [6, 6.07) is 5.20. The zero-order chi connectivity index (χ0) is 13.3. The van der Waals surface area contributed by atoms with Crippen LogP contribution in [-0.4, -0.2) is 6.04 Å². The molecule has 1 unspecified atom stereocenters. The lowest BCUT2D eigenvalue weighted by atomic mass is 9.88. The summed E-state index contributed by atoms with van der Waals surface area (Å²) in [5.74, 6) is 1.34. The lowest BCUT2D eigenvalue weighted by Crippen LogP contribution is -2.28. The van der Waals surface area contributed by atoms with Crippen LogP contribution in [0.4, 0.5) is 5.69 Å². The Balaban J connectivity index is 2.29. The smallest absolute Gasteiger partial charge is 0.0410 e. The number of benzene rings is 1. The molecule has 1 aliphatic heterocycles. The Kier molecular flexibility index (Phi) is 4.37. The monoisotopic (exact) mass is 309 g/mol. The third-order valence-electron chi connectivity index (χ3n) is 3.70. The van der Waals surface area contributed by atoms with E-state index in [0.717, 1.165) is 5.92 Å². The van der Waals surface area contributed by atoms with Gasteiger partial charge in [-0.1, -0.05) is 43.6 Å². The highest BCUT2D eigenvalue weighted by Crippen LogP contribution is 2.36. The highest BCUT2D eigenvalue weighted by Gasteiger charge is 2.22. The first-order valence-corrected chi connectivity index (χ1v) is 7.85. The van der Waals surface area contributed by atoms with Crippen molar-refractivity contribution in [1.29, 1.82) is 0 Å². The molecule has 0 saturated carbocycles. The van der Waals surface area contributed by atoms with Crippen LogP contribution < -0.4 is 5.32 Å². The first-order chi connectivity index (χ1) is 8.47. The van der Waals surface area contributed by atoms with Crippen LogP contribution in [-0.2, 0) is 6.42 Å². The molecule has 0 saturated heterocycles. The van der Waals surface area contributed by atoms with E-state index in [-0.39, 0.29) is 0 Å². The Labute approximate surface area is 119 Å². The molecule has 1 aromatic carbocycles. The molecule has 1 nitrogen and oxygen atoms in total. The normalized spacial score (nSPS) is 18.9. The summed E-state index contributed by atoms with van der Waals surface area (Å²) >= 11 is 3.64. The Hall–Kier alpha value is -0.500. The number of rotatable bonds is 3. The minimum Gasteiger partial charge on any atom is -0.382 e. The summed E-state index contributed by atoms with van der Waals surface area (Å²) in [5.41, 5.74) is 4.34. The van der Waals surface area contributed by atoms with Crippen LogP contribution in [0.2, 0.25) is 0 Å². The summed E-state index contributed by atoms with van der Waals surface area (Å²) in [6.07, 6.45) is 3.74. The Morgan fingerprint density at radius 1 is 1.28 bits per heavy atom. The molecule has 1 atom stereocenters. The van der Waals surface area contributed by atoms with E-state index in [1.54, 1.807) is 0 Å². The molecule has 1 N–H and O–H groups in total. The number of halogens is 1. The van der Waals surface area contributed by atoms with Crippen molar-refractivity contribution in [2.75, 3.05) is 5.32 Å². The highest BCUT2D eigenvalue weighted by atomic mass is 79.9. The first-order valence-electron chi connectivity index (χ1n) is 7.06. The summed E-state index contributed by atoms with van der Waals surface area (Å²) < 4.78 is 1.22. The van der Waals surface area contributed by atoms with Gasteiger partial charge in [-0.05, 0) is 54.4 Å². The van der Waals surface area contributed by atoms with Gasteiger partial charge in [0.05, 0.1) is 0 Å². The molecular formula is C16H24BrN. The fourth-order valence-electron chi connectivity index (χ4n) is 2.87. The number of anilines is 1. The Morgan fingerprint density at radius 2 is 2.00 bits per heavy atom. The fraction of sp³-hybridized carbons (Fsp3) is 0.625. The van der Waals surface area contributed by atoms with Gasteiger partial charge in [-0.3, -0.25) is 0 Å². The molecule has 0 amide bonds. The van der Waals surface area contributed by atoms with E-state index in [2.05, 4.69) is 61.1 Å². The molecular weight excluding hydrogens is 286 g/mol. The Bertz CT molecular complexity index is 423. The molecule has 18 heavy (non-hydrogen) atoms. The summed E-state index contributed by atoms with van der Waals surface area (Å²) in [4.78, 5) is 0. The average Bonchev–Trinajstić information content (AvgIpc) is 2.27. The molecule has 1 heterocycles. The van der Waals surface area contributed by atoms with E-state index in [1.165, 1.54) is 40.5 Å². The molecule has 2 rings (SSSR count). The number of hydrogen-bond donors (Lipinski definition) is 1. The van der Waals surface area contributed by atoms with Gasteiger partial charge in [0.1, 0.15) is 0 Å². The van der Waals surface area contributed by atoms with E-state index in [9.17, 15) is 0 Å². The Morgan fingerprint density at radius 3 is 2.61 bits per heavy atom. The van der Waals surface area contributed by atoms with Gasteiger partial charge in [0, 0.05) is 16.2 Å². The van der Waals surface area contributed by atoms with Crippen molar-refractivity contribution < 1.29 is 0 Å². The van der Waals surface area contributed by atoms with Crippen molar-refractivity contribution in [2.24, 2.45) is 5.92 Å². The third kappa shape index (κ3) is 3.09. The number of aryl methyl sites for hydroxylation is 1. The van der Waals surface area contributed by atoms with Gasteiger partial charge in [-0.2, -0.15) is 0 Å². The van der Waals surface area contributed by atoms with Gasteiger partial charge in [-0.25, -0.2) is 0 Å². The molecule has 1 aromatic rings. The average molecular weight is 310 g/mol. The van der Waals surface area contributed by atoms with Crippen LogP contribution in [0.25, 0.3) is 0 Å². The first kappa shape index (κ1) is 13.9. The van der Waals surface area contributed by atoms with Crippen molar-refractivity contribution in [1.82, 2.24) is 0 Å². The van der Waals surface area contributed by atoms with Crippen molar-refractivity contribution in [3.8, 4) is 0 Å². The summed E-state index contributed by atoms with van der Waals surface area (Å²) in [6.45, 7) is 9.16. The molecule has 0 aromatic heterocycles. The quantitative estimate of drug-likeness (QED) is 0.794. The predicted octanol–water partition coefficient (Wildman–Crippen LogP) is 5.35. The molecule has 0 bridgehead atoms. The standard InChI is InChI=1S/C16H24BrN/c1-10(2)7-14-6-5-12-8-13(17)9-15(11(3)4)16(12)18-14/h8-11,14,18H,5-7H2,1-4H3. The van der Waals surface area contributed by atoms with Gasteiger partial charge < -0.3 is 5.32 Å². The second-order valence-electron chi connectivity index (χ2n) is 6.19. The second kappa shape index (κ2) is 5.64. The van der Waals surface area contributed by atoms with Crippen molar-refractivity contribution in [3.63, 3.8) is 0 Å². The van der Waals surface area contributed by atoms with Gasteiger partial charge in [0.15, 0.2) is 0 Å². The zero-order valence-corrected chi connectivity index (χ0v) is 13.5. The van der Waals surface area contributed by atoms with Crippen molar-refractivity contribution in [2.45, 2.75) is 58.9 Å². The minimum atomic E-state index is 0.571. The SMILES string of the molecule is CC(C)CC1CCc2cc(Br)cc(C(C)C)c2N1. The van der Waals surface area contributed by atoms with Gasteiger partial charge in [0.25, 0.3) is 0 Å². The van der Waals surface area contributed by atoms with Crippen LogP contribution in [0.5, 0.6) is 0 Å². The van der Waals surface area contributed by atoms with Crippen LogP contribution >= 0.6 is 15.9 Å². The van der Waals surface area contributed by atoms with E-state index in [1.807, 2.05) is 0 Å². The van der Waals surface area contributed by atoms with E-state index in [4.69, 9.17) is 0 Å². The molecule has 0 fully saturated rings. The van der Waals surface area contributed by atoms with E-state index >= 15 is 0 Å². The fourth-order valence-corrected chi connectivity index (χ4v) is 3.39. The summed E-state index contributed by atoms with van der Waals surface area (Å²) in [5, 5.41) is 3.78. The summed E-state index contributed by atoms with van der Waals surface area (Å²) in [7, 11) is 0. The maximum atomic E-state index is 3.78. The molecule has 2 heteroatoms. The molecule has 0 spiro atoms. The number of nitrogens with one attached hydrogen (secondary N) is 1. The molecule has 0 aliphatic carbocycles. The van der Waals surface area contributed by atoms with Crippen molar-refractivity contribution in [3.05, 3.63) is 27.7 Å². The minimum absolute atomic E-state index is 0.571. The molecule has 100 valence electrons. The zero-order valence-electron chi connectivity index (χ0n) is 11.9. The van der Waals surface area contributed by atoms with Gasteiger partial charge in [-0.15, -0.1) is 0 Å². The lowest BCUT2D eigenvalue weighted by molar-refractivity contribution is 0.486. The third-order valence-corrected chi connectivity index (χ3v) is 4.16. The molecule has 0 radical (unpaired) electrons. The van der Waals surface area contributed by atoms with Crippen LogP contribution in [0.15, 0.2) is 16.6 Å².